The Morgan fingerprint density at radius 3 is 2.72 bits per heavy atom. The van der Waals surface area contributed by atoms with Crippen LogP contribution in [0.1, 0.15) is 12.5 Å². The molecule has 1 aromatic heterocycles. The van der Waals surface area contributed by atoms with E-state index in [1.807, 2.05) is 6.92 Å². The molecule has 0 bridgehead atoms. The summed E-state index contributed by atoms with van der Waals surface area (Å²) in [6.07, 6.45) is -1.14. The molecule has 0 amide bonds. The number of alkyl halides is 3. The Balaban J connectivity index is 2.99. The fourth-order valence-electron chi connectivity index (χ4n) is 1.58. The van der Waals surface area contributed by atoms with E-state index in [4.69, 9.17) is 16.3 Å². The SMILES string of the molecule is CCOc1ncnc(N(CCCl)CC(F)F)c1C. The van der Waals surface area contributed by atoms with Gasteiger partial charge in [0.15, 0.2) is 0 Å². The minimum absolute atomic E-state index is 0.250. The summed E-state index contributed by atoms with van der Waals surface area (Å²) in [4.78, 5) is 9.45. The molecule has 102 valence electrons. The number of anilines is 1. The Kier molecular flexibility index (Phi) is 6.04. The van der Waals surface area contributed by atoms with Gasteiger partial charge in [-0.05, 0) is 13.8 Å². The number of hydrogen-bond donors (Lipinski definition) is 0. The van der Waals surface area contributed by atoms with Crippen molar-refractivity contribution in [2.75, 3.05) is 30.5 Å². The molecule has 18 heavy (non-hydrogen) atoms. The normalized spacial score (nSPS) is 10.8. The highest BCUT2D eigenvalue weighted by Gasteiger charge is 2.18. The van der Waals surface area contributed by atoms with Gasteiger partial charge < -0.3 is 9.64 Å². The third kappa shape index (κ3) is 3.94. The van der Waals surface area contributed by atoms with E-state index in [1.165, 1.54) is 11.2 Å². The highest BCUT2D eigenvalue weighted by molar-refractivity contribution is 6.18. The Bertz CT molecular complexity index is 379. The highest BCUT2D eigenvalue weighted by Crippen LogP contribution is 2.24. The average Bonchev–Trinajstić information content (AvgIpc) is 2.31. The molecule has 0 radical (unpaired) electrons. The molecule has 1 rings (SSSR count). The first-order chi connectivity index (χ1) is 8.60. The topological polar surface area (TPSA) is 38.3 Å². The second-order valence-corrected chi connectivity index (χ2v) is 3.96. The lowest BCUT2D eigenvalue weighted by molar-refractivity contribution is 0.155. The summed E-state index contributed by atoms with van der Waals surface area (Å²) in [6.45, 7) is 3.93. The molecular formula is C11H16ClF2N3O. The van der Waals surface area contributed by atoms with Gasteiger partial charge in [0.05, 0.1) is 18.7 Å². The monoisotopic (exact) mass is 279 g/mol. The third-order valence-electron chi connectivity index (χ3n) is 2.30. The number of aromatic nitrogens is 2. The lowest BCUT2D eigenvalue weighted by Gasteiger charge is -2.24. The van der Waals surface area contributed by atoms with E-state index >= 15 is 0 Å². The smallest absolute Gasteiger partial charge is 0.255 e. The molecule has 7 heteroatoms. The first-order valence-electron chi connectivity index (χ1n) is 5.63. The molecule has 0 aliphatic carbocycles. The van der Waals surface area contributed by atoms with Gasteiger partial charge in [0, 0.05) is 12.4 Å². The van der Waals surface area contributed by atoms with Crippen molar-refractivity contribution in [2.24, 2.45) is 0 Å². The number of nitrogens with zero attached hydrogens (tertiary/aromatic N) is 3. The van der Waals surface area contributed by atoms with Gasteiger partial charge in [-0.2, -0.15) is 0 Å². The Labute approximate surface area is 110 Å². The summed E-state index contributed by atoms with van der Waals surface area (Å²) < 4.78 is 30.3. The summed E-state index contributed by atoms with van der Waals surface area (Å²) in [5, 5.41) is 0. The van der Waals surface area contributed by atoms with E-state index in [0.29, 0.717) is 30.4 Å². The summed E-state index contributed by atoms with van der Waals surface area (Å²) in [5.74, 6) is 1.10. The second kappa shape index (κ2) is 7.31. The van der Waals surface area contributed by atoms with Crippen LogP contribution in [-0.2, 0) is 0 Å². The van der Waals surface area contributed by atoms with Gasteiger partial charge in [-0.25, -0.2) is 18.7 Å². The van der Waals surface area contributed by atoms with Gasteiger partial charge in [0.2, 0.25) is 5.88 Å². The first kappa shape index (κ1) is 14.9. The minimum atomic E-state index is -2.45. The first-order valence-corrected chi connectivity index (χ1v) is 6.17. The van der Waals surface area contributed by atoms with Crippen LogP contribution in [0.25, 0.3) is 0 Å². The van der Waals surface area contributed by atoms with Gasteiger partial charge in [-0.15, -0.1) is 11.6 Å². The summed E-state index contributed by atoms with van der Waals surface area (Å²) in [6, 6.07) is 0. The molecule has 0 aliphatic rings. The maximum absolute atomic E-state index is 12.5. The van der Waals surface area contributed by atoms with Crippen molar-refractivity contribution in [3.8, 4) is 5.88 Å². The largest absolute Gasteiger partial charge is 0.478 e. The molecule has 4 nitrogen and oxygen atoms in total. The number of hydrogen-bond acceptors (Lipinski definition) is 4. The molecule has 0 N–H and O–H groups in total. The summed E-state index contributed by atoms with van der Waals surface area (Å²) in [7, 11) is 0. The van der Waals surface area contributed by atoms with Crippen molar-refractivity contribution in [3.05, 3.63) is 11.9 Å². The van der Waals surface area contributed by atoms with Crippen molar-refractivity contribution in [2.45, 2.75) is 20.3 Å². The van der Waals surface area contributed by atoms with Crippen molar-refractivity contribution in [3.63, 3.8) is 0 Å². The van der Waals surface area contributed by atoms with Crippen LogP contribution in [0.15, 0.2) is 6.33 Å². The standard InChI is InChI=1S/C11H16ClF2N3O/c1-3-18-11-8(2)10(15-7-16-11)17(5-4-12)6-9(13)14/h7,9H,3-6H2,1-2H3. The molecule has 0 unspecified atom stereocenters. The fraction of sp³-hybridized carbons (Fsp3) is 0.636. The average molecular weight is 280 g/mol. The zero-order valence-corrected chi connectivity index (χ0v) is 11.1. The number of ether oxygens (including phenoxy) is 1. The van der Waals surface area contributed by atoms with Gasteiger partial charge in [-0.1, -0.05) is 0 Å². The molecule has 1 aromatic rings. The maximum Gasteiger partial charge on any atom is 0.255 e. The number of halogens is 3. The molecule has 0 fully saturated rings. The predicted octanol–water partition coefficient (Wildman–Crippen LogP) is 2.49. The van der Waals surface area contributed by atoms with E-state index < -0.39 is 13.0 Å². The van der Waals surface area contributed by atoms with E-state index in [0.717, 1.165) is 0 Å². The van der Waals surface area contributed by atoms with Crippen LogP contribution in [-0.4, -0.2) is 42.0 Å². The van der Waals surface area contributed by atoms with Crippen LogP contribution in [0.5, 0.6) is 5.88 Å². The van der Waals surface area contributed by atoms with Crippen LogP contribution in [0.2, 0.25) is 0 Å². The zero-order valence-electron chi connectivity index (χ0n) is 10.4. The zero-order chi connectivity index (χ0) is 13.5. The van der Waals surface area contributed by atoms with Crippen molar-refractivity contribution in [1.29, 1.82) is 0 Å². The molecule has 0 saturated carbocycles. The molecule has 0 atom stereocenters. The Morgan fingerprint density at radius 1 is 1.44 bits per heavy atom. The number of rotatable bonds is 7. The maximum atomic E-state index is 12.5. The highest BCUT2D eigenvalue weighted by atomic mass is 35.5. The Morgan fingerprint density at radius 2 is 2.17 bits per heavy atom. The third-order valence-corrected chi connectivity index (χ3v) is 2.47. The second-order valence-electron chi connectivity index (χ2n) is 3.59. The molecular weight excluding hydrogens is 264 g/mol. The molecule has 0 spiro atoms. The molecule has 0 aliphatic heterocycles. The minimum Gasteiger partial charge on any atom is -0.478 e. The molecule has 0 saturated heterocycles. The van der Waals surface area contributed by atoms with E-state index in [1.54, 1.807) is 6.92 Å². The quantitative estimate of drug-likeness (QED) is 0.719. The summed E-state index contributed by atoms with van der Waals surface area (Å²) >= 11 is 5.62. The lowest BCUT2D eigenvalue weighted by Crippen LogP contribution is -2.32. The predicted molar refractivity (Wildman–Crippen MR) is 66.9 cm³/mol. The fourth-order valence-corrected chi connectivity index (χ4v) is 1.78. The van der Waals surface area contributed by atoms with E-state index in [2.05, 4.69) is 9.97 Å². The lowest BCUT2D eigenvalue weighted by atomic mass is 10.3. The van der Waals surface area contributed by atoms with Crippen molar-refractivity contribution in [1.82, 2.24) is 9.97 Å². The van der Waals surface area contributed by atoms with Gasteiger partial charge >= 0.3 is 0 Å². The van der Waals surface area contributed by atoms with E-state index in [9.17, 15) is 8.78 Å². The van der Waals surface area contributed by atoms with Gasteiger partial charge in [0.25, 0.3) is 6.43 Å². The van der Waals surface area contributed by atoms with Crippen molar-refractivity contribution >= 4 is 17.4 Å². The van der Waals surface area contributed by atoms with Gasteiger partial charge in [-0.3, -0.25) is 0 Å². The molecule has 0 aromatic carbocycles. The van der Waals surface area contributed by atoms with Crippen LogP contribution in [0.3, 0.4) is 0 Å². The Hall–Kier alpha value is -1.17. The van der Waals surface area contributed by atoms with Crippen LogP contribution in [0, 0.1) is 6.92 Å². The summed E-state index contributed by atoms with van der Waals surface area (Å²) in [5.41, 5.74) is 0.644. The van der Waals surface area contributed by atoms with Gasteiger partial charge in [0.1, 0.15) is 12.1 Å². The molecule has 1 heterocycles. The van der Waals surface area contributed by atoms with Crippen LogP contribution >= 0.6 is 11.6 Å². The van der Waals surface area contributed by atoms with Crippen LogP contribution < -0.4 is 9.64 Å². The van der Waals surface area contributed by atoms with Crippen molar-refractivity contribution < 1.29 is 13.5 Å². The van der Waals surface area contributed by atoms with Crippen LogP contribution in [0.4, 0.5) is 14.6 Å². The van der Waals surface area contributed by atoms with E-state index in [-0.39, 0.29) is 5.88 Å².